The van der Waals surface area contributed by atoms with E-state index in [1.54, 1.807) is 18.2 Å². The molecule has 0 unspecified atom stereocenters. The predicted octanol–water partition coefficient (Wildman–Crippen LogP) is 3.79. The number of nitrogens with zero attached hydrogens (tertiary/aromatic N) is 1. The van der Waals surface area contributed by atoms with Crippen molar-refractivity contribution in [3.8, 4) is 0 Å². The third-order valence-corrected chi connectivity index (χ3v) is 2.73. The van der Waals surface area contributed by atoms with Gasteiger partial charge in [0.2, 0.25) is 0 Å². The van der Waals surface area contributed by atoms with Crippen LogP contribution in [0.1, 0.15) is 0 Å². The molecule has 1 heterocycles. The molecule has 2 aromatic rings. The summed E-state index contributed by atoms with van der Waals surface area (Å²) in [5, 5.41) is 1.41. The summed E-state index contributed by atoms with van der Waals surface area (Å²) in [6.07, 6.45) is 1.12. The van der Waals surface area contributed by atoms with E-state index >= 15 is 0 Å². The van der Waals surface area contributed by atoms with E-state index in [4.69, 9.17) is 11.6 Å². The van der Waals surface area contributed by atoms with Crippen LogP contribution in [0, 0.1) is 5.82 Å². The van der Waals surface area contributed by atoms with Crippen LogP contribution in [-0.2, 0) is 0 Å². The van der Waals surface area contributed by atoms with Crippen molar-refractivity contribution in [2.45, 2.75) is 0 Å². The highest BCUT2D eigenvalue weighted by Gasteiger charge is 2.07. The van der Waals surface area contributed by atoms with E-state index in [1.165, 1.54) is 0 Å². The molecule has 4 heteroatoms. The number of fused-ring (bicyclic) bond motifs is 1. The molecule has 0 aliphatic carbocycles. The van der Waals surface area contributed by atoms with Crippen LogP contribution >= 0.6 is 27.5 Å². The molecule has 0 spiro atoms. The van der Waals surface area contributed by atoms with Gasteiger partial charge >= 0.3 is 0 Å². The van der Waals surface area contributed by atoms with Gasteiger partial charge in [0.1, 0.15) is 5.15 Å². The zero-order valence-electron chi connectivity index (χ0n) is 6.39. The largest absolute Gasteiger partial charge is 0.241 e. The molecule has 0 fully saturated rings. The lowest BCUT2D eigenvalue weighted by atomic mass is 10.2. The Labute approximate surface area is 87.7 Å². The fourth-order valence-electron chi connectivity index (χ4n) is 1.19. The minimum Gasteiger partial charge on any atom is -0.241 e. The molecule has 0 aliphatic heterocycles. The Morgan fingerprint density at radius 2 is 2.15 bits per heavy atom. The van der Waals surface area contributed by atoms with Gasteiger partial charge in [-0.3, -0.25) is 0 Å². The van der Waals surface area contributed by atoms with Gasteiger partial charge in [-0.2, -0.15) is 0 Å². The van der Waals surface area contributed by atoms with Crippen LogP contribution in [0.4, 0.5) is 4.39 Å². The van der Waals surface area contributed by atoms with Gasteiger partial charge < -0.3 is 0 Å². The maximum absolute atomic E-state index is 13.3. The average Bonchev–Trinajstić information content (AvgIpc) is 2.12. The van der Waals surface area contributed by atoms with Crippen molar-refractivity contribution in [1.29, 1.82) is 0 Å². The lowest BCUT2D eigenvalue weighted by molar-refractivity contribution is 0.633. The molecule has 0 bridgehead atoms. The molecule has 1 aromatic heterocycles. The zero-order chi connectivity index (χ0) is 9.42. The standard InChI is InChI=1S/C9H4BrClFN/c10-6-3-1-2-5-8(6)7(12)4-13-9(5)11/h1-4H. The Balaban J connectivity index is 3.00. The van der Waals surface area contributed by atoms with Gasteiger partial charge in [0.25, 0.3) is 0 Å². The SMILES string of the molecule is Fc1cnc(Cl)c2cccc(Br)c12. The molecule has 0 radical (unpaired) electrons. The molecule has 0 amide bonds. The smallest absolute Gasteiger partial charge is 0.150 e. The highest BCUT2D eigenvalue weighted by molar-refractivity contribution is 9.10. The molecule has 2 rings (SSSR count). The molecule has 0 N–H and O–H groups in total. The lowest BCUT2D eigenvalue weighted by Crippen LogP contribution is -1.85. The monoisotopic (exact) mass is 259 g/mol. The Morgan fingerprint density at radius 3 is 2.85 bits per heavy atom. The quantitative estimate of drug-likeness (QED) is 0.657. The molecule has 13 heavy (non-hydrogen) atoms. The maximum Gasteiger partial charge on any atom is 0.150 e. The highest BCUT2D eigenvalue weighted by Crippen LogP contribution is 2.29. The Bertz CT molecular complexity index is 464. The summed E-state index contributed by atoms with van der Waals surface area (Å²) in [5.74, 6) is -0.369. The van der Waals surface area contributed by atoms with Crippen LogP contribution in [0.2, 0.25) is 5.15 Å². The summed E-state index contributed by atoms with van der Waals surface area (Å²) in [5.41, 5.74) is 0. The summed E-state index contributed by atoms with van der Waals surface area (Å²) in [4.78, 5) is 3.72. The van der Waals surface area contributed by atoms with Crippen molar-refractivity contribution >= 4 is 38.3 Å². The minimum atomic E-state index is -0.369. The van der Waals surface area contributed by atoms with Gasteiger partial charge in [0.05, 0.1) is 6.20 Å². The molecule has 0 saturated heterocycles. The zero-order valence-corrected chi connectivity index (χ0v) is 8.73. The second-order valence-electron chi connectivity index (χ2n) is 2.56. The van der Waals surface area contributed by atoms with Crippen molar-refractivity contribution in [1.82, 2.24) is 4.98 Å². The first-order chi connectivity index (χ1) is 6.20. The number of benzene rings is 1. The van der Waals surface area contributed by atoms with Crippen LogP contribution in [0.15, 0.2) is 28.9 Å². The molecule has 0 saturated carbocycles. The van der Waals surface area contributed by atoms with Gasteiger partial charge in [0, 0.05) is 15.2 Å². The van der Waals surface area contributed by atoms with E-state index in [9.17, 15) is 4.39 Å². The van der Waals surface area contributed by atoms with Gasteiger partial charge in [0.15, 0.2) is 5.82 Å². The Morgan fingerprint density at radius 1 is 1.38 bits per heavy atom. The molecule has 0 atom stereocenters. The molecule has 0 aliphatic rings. The first-order valence-electron chi connectivity index (χ1n) is 3.58. The average molecular weight is 260 g/mol. The number of hydrogen-bond acceptors (Lipinski definition) is 1. The second kappa shape index (κ2) is 3.24. The number of rotatable bonds is 0. The second-order valence-corrected chi connectivity index (χ2v) is 3.77. The third kappa shape index (κ3) is 1.42. The topological polar surface area (TPSA) is 12.9 Å². The predicted molar refractivity (Wildman–Crippen MR) is 54.4 cm³/mol. The number of hydrogen-bond donors (Lipinski definition) is 0. The fourth-order valence-corrected chi connectivity index (χ4v) is 1.95. The van der Waals surface area contributed by atoms with Crippen LogP contribution in [0.3, 0.4) is 0 Å². The number of pyridine rings is 1. The minimum absolute atomic E-state index is 0.317. The molecule has 1 aromatic carbocycles. The van der Waals surface area contributed by atoms with E-state index in [-0.39, 0.29) is 5.82 Å². The summed E-state index contributed by atoms with van der Waals surface area (Å²) in [7, 11) is 0. The normalized spacial score (nSPS) is 10.7. The van der Waals surface area contributed by atoms with Crippen molar-refractivity contribution in [2.24, 2.45) is 0 Å². The third-order valence-electron chi connectivity index (χ3n) is 1.77. The summed E-state index contributed by atoms with van der Waals surface area (Å²) in [6.45, 7) is 0. The summed E-state index contributed by atoms with van der Waals surface area (Å²) >= 11 is 9.06. The summed E-state index contributed by atoms with van der Waals surface area (Å²) in [6, 6.07) is 5.29. The van der Waals surface area contributed by atoms with Crippen molar-refractivity contribution in [2.75, 3.05) is 0 Å². The van der Waals surface area contributed by atoms with Crippen LogP contribution < -0.4 is 0 Å². The van der Waals surface area contributed by atoms with E-state index < -0.39 is 0 Å². The van der Waals surface area contributed by atoms with E-state index in [0.717, 1.165) is 6.20 Å². The van der Waals surface area contributed by atoms with Gasteiger partial charge in [-0.15, -0.1) is 0 Å². The first kappa shape index (κ1) is 8.91. The fraction of sp³-hybridized carbons (Fsp3) is 0. The summed E-state index contributed by atoms with van der Waals surface area (Å²) < 4.78 is 14.0. The lowest BCUT2D eigenvalue weighted by Gasteiger charge is -2.02. The maximum atomic E-state index is 13.3. The van der Waals surface area contributed by atoms with E-state index in [2.05, 4.69) is 20.9 Å². The van der Waals surface area contributed by atoms with Crippen LogP contribution in [0.25, 0.3) is 10.8 Å². The van der Waals surface area contributed by atoms with Gasteiger partial charge in [-0.1, -0.05) is 39.7 Å². The molecular formula is C9H4BrClFN. The van der Waals surface area contributed by atoms with Crippen LogP contribution in [-0.4, -0.2) is 4.98 Å². The first-order valence-corrected chi connectivity index (χ1v) is 4.75. The van der Waals surface area contributed by atoms with Crippen molar-refractivity contribution < 1.29 is 4.39 Å². The highest BCUT2D eigenvalue weighted by atomic mass is 79.9. The Kier molecular flexibility index (Phi) is 2.22. The molecular weight excluding hydrogens is 256 g/mol. The van der Waals surface area contributed by atoms with Gasteiger partial charge in [-0.25, -0.2) is 9.37 Å². The number of aromatic nitrogens is 1. The van der Waals surface area contributed by atoms with E-state index in [0.29, 0.717) is 20.4 Å². The van der Waals surface area contributed by atoms with E-state index in [1.807, 2.05) is 0 Å². The molecule has 1 nitrogen and oxygen atoms in total. The Hall–Kier alpha value is -0.670. The van der Waals surface area contributed by atoms with Gasteiger partial charge in [-0.05, 0) is 6.07 Å². The van der Waals surface area contributed by atoms with Crippen LogP contribution in [0.5, 0.6) is 0 Å². The van der Waals surface area contributed by atoms with Crippen molar-refractivity contribution in [3.63, 3.8) is 0 Å². The van der Waals surface area contributed by atoms with Crippen molar-refractivity contribution in [3.05, 3.63) is 39.8 Å². The molecule has 66 valence electrons. The number of halogens is 3.